The molecule has 0 saturated carbocycles. The Hall–Kier alpha value is -1.88. The van der Waals surface area contributed by atoms with Crippen molar-refractivity contribution >= 4 is 25.6 Å². The summed E-state index contributed by atoms with van der Waals surface area (Å²) in [5.74, 6) is -1.68. The van der Waals surface area contributed by atoms with Crippen molar-refractivity contribution in [2.45, 2.75) is 428 Å². The molecule has 2 amide bonds. The summed E-state index contributed by atoms with van der Waals surface area (Å²) < 4.78 is 47.9. The first-order valence-corrected chi connectivity index (χ1v) is 40.7. The highest BCUT2D eigenvalue weighted by Crippen LogP contribution is 2.42. The molecule has 12 atom stereocenters. The van der Waals surface area contributed by atoms with Crippen LogP contribution in [-0.4, -0.2) is 153 Å². The maximum Gasteiger partial charge on any atom is 0.470 e. The van der Waals surface area contributed by atoms with E-state index in [9.17, 15) is 54.3 Å². The molecule has 2 saturated heterocycles. The minimum Gasteiger partial charge on any atom is -0.462 e. The summed E-state index contributed by atoms with van der Waals surface area (Å²) in [6.07, 6.45) is 39.2. The number of aliphatic hydroxyl groups is 5. The number of aliphatic hydroxyl groups excluding tert-OH is 5. The van der Waals surface area contributed by atoms with E-state index in [2.05, 4.69) is 31.4 Å². The van der Waals surface area contributed by atoms with Gasteiger partial charge in [0.1, 0.15) is 54.8 Å². The highest BCUT2D eigenvalue weighted by Gasteiger charge is 2.51. The van der Waals surface area contributed by atoms with E-state index in [1.165, 1.54) is 180 Å². The van der Waals surface area contributed by atoms with Crippen LogP contribution < -0.4 is 16.4 Å². The Kier molecular flexibility index (Phi) is 56.1. The van der Waals surface area contributed by atoms with Crippen molar-refractivity contribution in [1.82, 2.24) is 10.6 Å². The lowest BCUT2D eigenvalue weighted by atomic mass is 9.95. The molecule has 2 rings (SSSR count). The minimum atomic E-state index is -5.32. The van der Waals surface area contributed by atoms with E-state index in [0.717, 1.165) is 109 Å². The van der Waals surface area contributed by atoms with Crippen LogP contribution in [0.5, 0.6) is 0 Å². The van der Waals surface area contributed by atoms with Gasteiger partial charge in [-0.25, -0.2) is 4.57 Å². The molecule has 2 fully saturated rings. The van der Waals surface area contributed by atoms with Gasteiger partial charge in [0.2, 0.25) is 11.8 Å². The quantitative estimate of drug-likeness (QED) is 0.0154. The molecule has 0 bridgehead atoms. The second-order valence-corrected chi connectivity index (χ2v) is 29.2. The van der Waals surface area contributed by atoms with Crippen molar-refractivity contribution in [1.29, 1.82) is 0 Å². The number of phosphoric ester groups is 1. The monoisotopic (exact) mass is 1380 g/mol. The zero-order chi connectivity index (χ0) is 69.4. The van der Waals surface area contributed by atoms with Crippen molar-refractivity contribution < 1.29 is 82.5 Å². The van der Waals surface area contributed by atoms with Crippen LogP contribution in [0.1, 0.15) is 355 Å². The van der Waals surface area contributed by atoms with E-state index in [1.54, 1.807) is 0 Å². The molecule has 95 heavy (non-hydrogen) atoms. The predicted molar refractivity (Wildman–Crippen MR) is 377 cm³/mol. The van der Waals surface area contributed by atoms with Gasteiger partial charge in [-0.2, -0.15) is 0 Å². The first-order chi connectivity index (χ1) is 46.1. The van der Waals surface area contributed by atoms with Crippen molar-refractivity contribution in [2.24, 2.45) is 5.73 Å². The summed E-state index contributed by atoms with van der Waals surface area (Å²) in [6.45, 7) is 6.12. The number of nitrogens with two attached hydrogens (primary N) is 1. The number of hydrogen-bond donors (Lipinski definition) is 10. The third-order valence-electron chi connectivity index (χ3n) is 19.2. The Morgan fingerprint density at radius 1 is 0.463 bits per heavy atom. The fourth-order valence-corrected chi connectivity index (χ4v) is 13.8. The van der Waals surface area contributed by atoms with Crippen molar-refractivity contribution in [3.63, 3.8) is 0 Å². The number of rotatable bonds is 66. The number of carbonyl (C=O) groups is 3. The van der Waals surface area contributed by atoms with Crippen LogP contribution in [-0.2, 0) is 47.2 Å². The standard InChI is InChI=1S/C74H144N3O17P/c1-4-7-10-13-16-31-36-41-46-51-60(79)56-64(80)76-67-70(84)69(83)63(93-73(67)89-55-50-45-40-35-30-28-26-24-22-20-19-21-23-25-27-29-34-39-44-49-54-75)59-90-74-68(71(85)72(62(58-78)92-74)94-95(86,87)88)77-65(81)57-61(52-47-42-37-32-17-14-11-8-5-2)91-66(82)53-48-43-38-33-18-15-12-9-6-3/h60-63,67-74,78-79,83-85H,4-59,75H2,1-3H3,(H,76,80)(H,77,81)(H2,86,87,88)/t60-,61-,62-,63-,67-,68-,69-,70-,71-,72-,73+,74-/m1/s1. The fourth-order valence-electron chi connectivity index (χ4n) is 13.2. The molecule has 21 heteroatoms. The van der Waals surface area contributed by atoms with Crippen molar-refractivity contribution in [2.75, 3.05) is 26.4 Å². The lowest BCUT2D eigenvalue weighted by molar-refractivity contribution is -0.302. The van der Waals surface area contributed by atoms with Crippen LogP contribution in [0.15, 0.2) is 0 Å². The number of nitrogens with one attached hydrogen (secondary N) is 2. The summed E-state index contributed by atoms with van der Waals surface area (Å²) in [4.78, 5) is 60.8. The van der Waals surface area contributed by atoms with Gasteiger partial charge in [-0.1, -0.05) is 297 Å². The number of carbonyl (C=O) groups excluding carboxylic acids is 3. The predicted octanol–water partition coefficient (Wildman–Crippen LogP) is 14.6. The van der Waals surface area contributed by atoms with Crippen molar-refractivity contribution in [3.05, 3.63) is 0 Å². The molecule has 0 unspecified atom stereocenters. The zero-order valence-corrected chi connectivity index (χ0v) is 61.2. The second kappa shape index (κ2) is 59.8. The number of ether oxygens (including phenoxy) is 5. The number of esters is 1. The van der Waals surface area contributed by atoms with Gasteiger partial charge in [0.15, 0.2) is 12.6 Å². The van der Waals surface area contributed by atoms with Crippen LogP contribution >= 0.6 is 7.82 Å². The van der Waals surface area contributed by atoms with Gasteiger partial charge in [0.25, 0.3) is 0 Å². The Balaban J connectivity index is 2.16. The first-order valence-electron chi connectivity index (χ1n) is 39.2. The second-order valence-electron chi connectivity index (χ2n) is 28.0. The lowest BCUT2D eigenvalue weighted by Crippen LogP contribution is -2.67. The summed E-state index contributed by atoms with van der Waals surface area (Å²) in [5.41, 5.74) is 5.60. The molecule has 2 heterocycles. The van der Waals surface area contributed by atoms with Gasteiger partial charge in [-0.05, 0) is 45.1 Å². The number of amides is 2. The highest BCUT2D eigenvalue weighted by molar-refractivity contribution is 7.46. The molecule has 11 N–H and O–H groups in total. The molecule has 0 aromatic rings. The summed E-state index contributed by atoms with van der Waals surface area (Å²) in [6, 6.07) is -2.87. The van der Waals surface area contributed by atoms with E-state index in [0.29, 0.717) is 32.1 Å². The minimum absolute atomic E-state index is 0.198. The third-order valence-corrected chi connectivity index (χ3v) is 19.7. The average Bonchev–Trinajstić information content (AvgIpc) is 0.798. The Bertz CT molecular complexity index is 1860. The molecule has 562 valence electrons. The van der Waals surface area contributed by atoms with E-state index in [4.69, 9.17) is 33.9 Å². The smallest absolute Gasteiger partial charge is 0.462 e. The van der Waals surface area contributed by atoms with Crippen LogP contribution in [0.2, 0.25) is 0 Å². The molecule has 2 aliphatic heterocycles. The Labute approximate surface area is 576 Å². The average molecular weight is 1380 g/mol. The summed E-state index contributed by atoms with van der Waals surface area (Å²) >= 11 is 0. The topological polar surface area (TPSA) is 315 Å². The maximum absolute atomic E-state index is 14.2. The van der Waals surface area contributed by atoms with Crippen molar-refractivity contribution in [3.8, 4) is 0 Å². The zero-order valence-electron chi connectivity index (χ0n) is 60.3. The SMILES string of the molecule is CCCCCCCCCCCC(=O)O[C@H](CCCCCCCCCCC)CC(=O)N[C@H]1[C@H](OC[C@H]2O[C@H](OCCCCCCCCCCCCCCCCCCCCCCN)[C@H](NC(=O)C[C@H](O)CCCCCCCCCCC)[C@@H](O)[C@@H]2O)O[C@H](CO)[C@@H](OP(=O)(O)O)[C@@H]1O. The van der Waals surface area contributed by atoms with Crippen LogP contribution in [0.3, 0.4) is 0 Å². The Morgan fingerprint density at radius 3 is 1.26 bits per heavy atom. The number of unbranched alkanes of at least 4 members (excludes halogenated alkanes) is 43. The van der Waals surface area contributed by atoms with Gasteiger partial charge in [-0.15, -0.1) is 0 Å². The van der Waals surface area contributed by atoms with Gasteiger partial charge in [-0.3, -0.25) is 18.9 Å². The Morgan fingerprint density at radius 2 is 0.832 bits per heavy atom. The third kappa shape index (κ3) is 46.3. The van der Waals surface area contributed by atoms with Gasteiger partial charge in [0.05, 0.1) is 32.2 Å². The maximum atomic E-state index is 14.2. The van der Waals surface area contributed by atoms with Gasteiger partial charge >= 0.3 is 13.8 Å². The first kappa shape index (κ1) is 89.2. The largest absolute Gasteiger partial charge is 0.470 e. The van der Waals surface area contributed by atoms with Gasteiger partial charge in [0, 0.05) is 13.0 Å². The van der Waals surface area contributed by atoms with E-state index in [1.807, 2.05) is 0 Å². The molecule has 0 spiro atoms. The molecule has 0 aromatic carbocycles. The lowest BCUT2D eigenvalue weighted by Gasteiger charge is -2.45. The normalized spacial score (nSPS) is 22.2. The van der Waals surface area contributed by atoms with Crippen LogP contribution in [0.4, 0.5) is 0 Å². The fraction of sp³-hybridized carbons (Fsp3) is 0.959. The molecule has 0 aromatic heterocycles. The van der Waals surface area contributed by atoms with E-state index >= 15 is 0 Å². The van der Waals surface area contributed by atoms with Crippen LogP contribution in [0.25, 0.3) is 0 Å². The molecule has 2 aliphatic rings. The molecule has 0 radical (unpaired) electrons. The molecule has 20 nitrogen and oxygen atoms in total. The van der Waals surface area contributed by atoms with E-state index in [-0.39, 0.29) is 25.9 Å². The highest BCUT2D eigenvalue weighted by atomic mass is 31.2. The summed E-state index contributed by atoms with van der Waals surface area (Å²) in [7, 11) is -5.32. The van der Waals surface area contributed by atoms with Gasteiger partial charge < -0.3 is 75.4 Å². The number of hydrogen-bond acceptors (Lipinski definition) is 16. The summed E-state index contributed by atoms with van der Waals surface area (Å²) in [5, 5.41) is 62.1. The molecular weight excluding hydrogens is 1230 g/mol. The van der Waals surface area contributed by atoms with E-state index < -0.39 is 112 Å². The van der Waals surface area contributed by atoms with Crippen LogP contribution in [0, 0.1) is 0 Å². The number of phosphoric acid groups is 1. The molecule has 0 aliphatic carbocycles. The molecular formula is C74H144N3O17P.